The smallest absolute Gasteiger partial charge is 0.229 e. The lowest BCUT2D eigenvalue weighted by molar-refractivity contribution is 0.561. The maximum atomic E-state index is 12.8. The Bertz CT molecular complexity index is 1360. The number of nitrogens with two attached hydrogens (primary N) is 1. The van der Waals surface area contributed by atoms with Crippen molar-refractivity contribution in [3.8, 4) is 17.2 Å². The van der Waals surface area contributed by atoms with E-state index in [4.69, 9.17) is 28.9 Å². The Morgan fingerprint density at radius 2 is 2.00 bits per heavy atom. The summed E-state index contributed by atoms with van der Waals surface area (Å²) in [5.74, 6) is 0.488. The molecule has 36 heavy (non-hydrogen) atoms. The molecule has 4 rings (SSSR count). The second-order valence-corrected chi connectivity index (χ2v) is 12.2. The molecule has 0 saturated heterocycles. The first-order valence-corrected chi connectivity index (χ1v) is 13.3. The topological polar surface area (TPSA) is 130 Å². The number of nitrogens with zero attached hydrogens (tertiary/aromatic N) is 5. The average Bonchev–Trinajstić information content (AvgIpc) is 3.30. The zero-order valence-electron chi connectivity index (χ0n) is 20.5. The molecule has 3 heterocycles. The Hall–Kier alpha value is -2.77. The minimum absolute atomic E-state index is 0.116. The summed E-state index contributed by atoms with van der Waals surface area (Å²) in [6.45, 7) is 8.34. The zero-order chi connectivity index (χ0) is 26.2. The van der Waals surface area contributed by atoms with Crippen LogP contribution in [-0.2, 0) is 11.4 Å². The standard InChI is InChI=1S/C25H27Cl2N7OS/c1-14-22-15(10-11-30-22)18(33-36(35)25(2,3)4)9-6-12-34(14)24-31-19(13-28)20(23(29)32-24)16-7-5-8-17(26)21(16)27/h5,7-8,10-11,14,30H,6,9,12H2,1-4H3,(H2,29,31,32)/b33-18-/t14?,36-/m1/s1. The Kier molecular flexibility index (Phi) is 7.53. The number of H-pyrrole nitrogens is 1. The maximum absolute atomic E-state index is 12.8. The van der Waals surface area contributed by atoms with Gasteiger partial charge >= 0.3 is 0 Å². The highest BCUT2D eigenvalue weighted by molar-refractivity contribution is 7.91. The number of anilines is 2. The van der Waals surface area contributed by atoms with Crippen LogP contribution in [0.2, 0.25) is 10.0 Å². The number of hydrogen-bond acceptors (Lipinski definition) is 7. The van der Waals surface area contributed by atoms with Crippen LogP contribution in [0, 0.1) is 11.3 Å². The monoisotopic (exact) mass is 543 g/mol. The Balaban J connectivity index is 1.76. The van der Waals surface area contributed by atoms with Crippen molar-refractivity contribution in [2.75, 3.05) is 17.2 Å². The Morgan fingerprint density at radius 3 is 2.69 bits per heavy atom. The summed E-state index contributed by atoms with van der Waals surface area (Å²) in [6.07, 6.45) is 3.20. The zero-order valence-corrected chi connectivity index (χ0v) is 22.8. The number of nitrogen functional groups attached to an aromatic ring is 1. The number of aromatic amines is 1. The minimum atomic E-state index is -1.36. The molecule has 0 bridgehead atoms. The second-order valence-electron chi connectivity index (χ2n) is 9.52. The van der Waals surface area contributed by atoms with Crippen LogP contribution in [0.3, 0.4) is 0 Å². The highest BCUT2D eigenvalue weighted by Gasteiger charge is 2.31. The van der Waals surface area contributed by atoms with Gasteiger partial charge in [0.25, 0.3) is 0 Å². The lowest BCUT2D eigenvalue weighted by Crippen LogP contribution is -2.34. The summed E-state index contributed by atoms with van der Waals surface area (Å²) in [6, 6.07) is 9.04. The third-order valence-electron chi connectivity index (χ3n) is 6.01. The summed E-state index contributed by atoms with van der Waals surface area (Å²) in [7, 11) is 0. The van der Waals surface area contributed by atoms with Crippen molar-refractivity contribution >= 4 is 52.0 Å². The molecule has 1 aliphatic heterocycles. The number of rotatable bonds is 3. The largest absolute Gasteiger partial charge is 0.591 e. The van der Waals surface area contributed by atoms with Gasteiger partial charge in [0, 0.05) is 29.6 Å². The van der Waals surface area contributed by atoms with E-state index in [9.17, 15) is 9.81 Å². The van der Waals surface area contributed by atoms with Gasteiger partial charge in [-0.05, 0) is 52.7 Å². The highest BCUT2D eigenvalue weighted by Crippen LogP contribution is 2.39. The van der Waals surface area contributed by atoms with Gasteiger partial charge in [-0.1, -0.05) is 39.7 Å². The van der Waals surface area contributed by atoms with E-state index in [0.29, 0.717) is 35.1 Å². The molecule has 11 heteroatoms. The lowest BCUT2D eigenvalue weighted by atomic mass is 9.99. The van der Waals surface area contributed by atoms with Crippen LogP contribution in [-0.4, -0.2) is 36.5 Å². The number of aromatic nitrogens is 3. The number of halogens is 2. The quantitative estimate of drug-likeness (QED) is 0.398. The molecule has 1 aromatic carbocycles. The third kappa shape index (κ3) is 5.04. The minimum Gasteiger partial charge on any atom is -0.591 e. The van der Waals surface area contributed by atoms with Crippen LogP contribution >= 0.6 is 23.2 Å². The van der Waals surface area contributed by atoms with Gasteiger partial charge in [-0.2, -0.15) is 10.2 Å². The van der Waals surface area contributed by atoms with Gasteiger partial charge in [-0.25, -0.2) is 4.98 Å². The van der Waals surface area contributed by atoms with Crippen molar-refractivity contribution in [1.82, 2.24) is 15.0 Å². The van der Waals surface area contributed by atoms with Crippen LogP contribution in [0.15, 0.2) is 34.9 Å². The van der Waals surface area contributed by atoms with Crippen LogP contribution in [0.5, 0.6) is 0 Å². The number of nitriles is 1. The summed E-state index contributed by atoms with van der Waals surface area (Å²) >= 11 is 11.2. The fourth-order valence-corrected chi connectivity index (χ4v) is 5.18. The SMILES string of the molecule is CC1c2[nH]ccc2/C(=N\[S@+]([O-])C(C)(C)C)CCCN1c1nc(N)c(-c2cccc(Cl)c2Cl)c(C#N)n1. The van der Waals surface area contributed by atoms with E-state index in [2.05, 4.69) is 25.4 Å². The molecule has 0 spiro atoms. The van der Waals surface area contributed by atoms with E-state index in [1.54, 1.807) is 18.2 Å². The fourth-order valence-electron chi connectivity index (χ4n) is 4.12. The molecule has 0 saturated carbocycles. The average molecular weight is 545 g/mol. The van der Waals surface area contributed by atoms with Gasteiger partial charge in [0.15, 0.2) is 5.69 Å². The van der Waals surface area contributed by atoms with Crippen molar-refractivity contribution in [3.05, 3.63) is 57.5 Å². The molecule has 2 atom stereocenters. The van der Waals surface area contributed by atoms with Gasteiger partial charge in [0.2, 0.25) is 5.95 Å². The maximum Gasteiger partial charge on any atom is 0.229 e. The molecule has 0 radical (unpaired) electrons. The Morgan fingerprint density at radius 1 is 1.25 bits per heavy atom. The molecule has 0 fully saturated rings. The first-order valence-electron chi connectivity index (χ1n) is 11.5. The van der Waals surface area contributed by atoms with Gasteiger partial charge in [0.1, 0.15) is 33.7 Å². The van der Waals surface area contributed by atoms with Crippen molar-refractivity contribution < 1.29 is 4.55 Å². The fraction of sp³-hybridized carbons (Fsp3) is 0.360. The number of benzene rings is 1. The predicted molar refractivity (Wildman–Crippen MR) is 147 cm³/mol. The van der Waals surface area contributed by atoms with E-state index >= 15 is 0 Å². The molecule has 8 nitrogen and oxygen atoms in total. The first kappa shape index (κ1) is 26.3. The summed E-state index contributed by atoms with van der Waals surface area (Å²) in [4.78, 5) is 14.5. The summed E-state index contributed by atoms with van der Waals surface area (Å²) in [5, 5.41) is 10.6. The van der Waals surface area contributed by atoms with E-state index in [0.717, 1.165) is 23.4 Å². The molecule has 3 N–H and O–H groups in total. The van der Waals surface area contributed by atoms with Crippen molar-refractivity contribution in [3.63, 3.8) is 0 Å². The number of hydrogen-bond donors (Lipinski definition) is 2. The number of fused-ring (bicyclic) bond motifs is 1. The molecule has 1 unspecified atom stereocenters. The Labute approximate surface area is 223 Å². The third-order valence-corrected chi connectivity index (χ3v) is 8.27. The van der Waals surface area contributed by atoms with E-state index < -0.39 is 16.1 Å². The van der Waals surface area contributed by atoms with Crippen LogP contribution in [0.1, 0.15) is 63.5 Å². The molecule has 2 aromatic heterocycles. The lowest BCUT2D eigenvalue weighted by Gasteiger charge is -2.32. The van der Waals surface area contributed by atoms with Gasteiger partial charge in [0.05, 0.1) is 21.7 Å². The van der Waals surface area contributed by atoms with Crippen LogP contribution < -0.4 is 10.6 Å². The summed E-state index contributed by atoms with van der Waals surface area (Å²) in [5.41, 5.74) is 9.98. The molecule has 1 aliphatic rings. The normalized spacial score (nSPS) is 18.3. The molecule has 0 amide bonds. The van der Waals surface area contributed by atoms with Crippen molar-refractivity contribution in [1.29, 1.82) is 5.26 Å². The molecule has 0 aliphatic carbocycles. The molecule has 3 aromatic rings. The highest BCUT2D eigenvalue weighted by atomic mass is 35.5. The van der Waals surface area contributed by atoms with E-state index in [-0.39, 0.29) is 22.6 Å². The molecular formula is C25H27Cl2N7OS. The second kappa shape index (κ2) is 10.3. The van der Waals surface area contributed by atoms with E-state index in [1.807, 2.05) is 44.9 Å². The molecule has 188 valence electrons. The molecular weight excluding hydrogens is 517 g/mol. The van der Waals surface area contributed by atoms with Gasteiger partial charge in [-0.3, -0.25) is 0 Å². The van der Waals surface area contributed by atoms with E-state index in [1.165, 1.54) is 0 Å². The van der Waals surface area contributed by atoms with Crippen molar-refractivity contribution in [2.24, 2.45) is 4.40 Å². The first-order chi connectivity index (χ1) is 17.0. The van der Waals surface area contributed by atoms with Gasteiger partial charge < -0.3 is 20.2 Å². The van der Waals surface area contributed by atoms with Crippen LogP contribution in [0.25, 0.3) is 11.1 Å². The summed E-state index contributed by atoms with van der Waals surface area (Å²) < 4.78 is 16.9. The number of nitrogens with one attached hydrogen (secondary N) is 1. The van der Waals surface area contributed by atoms with Crippen molar-refractivity contribution in [2.45, 2.75) is 51.3 Å². The van der Waals surface area contributed by atoms with Gasteiger partial charge in [-0.15, -0.1) is 0 Å². The predicted octanol–water partition coefficient (Wildman–Crippen LogP) is 5.85. The van der Waals surface area contributed by atoms with Crippen LogP contribution in [0.4, 0.5) is 11.8 Å².